The van der Waals surface area contributed by atoms with Crippen molar-refractivity contribution >= 4 is 11.6 Å². The fraction of sp³-hybridized carbons (Fsp3) is 0.400. The van der Waals surface area contributed by atoms with Crippen molar-refractivity contribution in [3.05, 3.63) is 42.5 Å². The number of nitrogens with one attached hydrogen (secondary N) is 2. The molecule has 0 heterocycles. The molecule has 0 unspecified atom stereocenters. The van der Waals surface area contributed by atoms with E-state index in [1.165, 1.54) is 0 Å². The predicted octanol–water partition coefficient (Wildman–Crippen LogP) is 2.44. The number of benzene rings is 1. The first-order valence-corrected chi connectivity index (χ1v) is 6.59. The Hall–Kier alpha value is -1.81. The van der Waals surface area contributed by atoms with E-state index in [9.17, 15) is 4.79 Å². The van der Waals surface area contributed by atoms with E-state index in [0.717, 1.165) is 18.7 Å². The standard InChI is InChI=1S/C15H22N2O2/c1-3-5-11-19-12-10-17-15(18)13-8-6-7-9-14(13)16-4-2/h3,6-9,16H,1,4-5,10-12H2,2H3,(H,17,18). The maximum atomic E-state index is 12.0. The molecule has 1 rings (SSSR count). The van der Waals surface area contributed by atoms with Crippen LogP contribution in [0.4, 0.5) is 5.69 Å². The van der Waals surface area contributed by atoms with Gasteiger partial charge in [-0.25, -0.2) is 0 Å². The number of ether oxygens (including phenoxy) is 1. The van der Waals surface area contributed by atoms with Gasteiger partial charge in [0.2, 0.25) is 0 Å². The van der Waals surface area contributed by atoms with Gasteiger partial charge in [-0.3, -0.25) is 4.79 Å². The van der Waals surface area contributed by atoms with Crippen molar-refractivity contribution in [2.75, 3.05) is 31.6 Å². The SMILES string of the molecule is C=CCCOCCNC(=O)c1ccccc1NCC. The van der Waals surface area contributed by atoms with Crippen molar-refractivity contribution in [3.63, 3.8) is 0 Å². The molecule has 0 aromatic heterocycles. The predicted molar refractivity (Wildman–Crippen MR) is 78.6 cm³/mol. The Labute approximate surface area is 114 Å². The van der Waals surface area contributed by atoms with Gasteiger partial charge in [0.15, 0.2) is 0 Å². The topological polar surface area (TPSA) is 50.4 Å². The lowest BCUT2D eigenvalue weighted by molar-refractivity contribution is 0.0918. The number of hydrogen-bond donors (Lipinski definition) is 2. The average molecular weight is 262 g/mol. The molecule has 0 saturated carbocycles. The van der Waals surface area contributed by atoms with E-state index in [1.54, 1.807) is 0 Å². The summed E-state index contributed by atoms with van der Waals surface area (Å²) in [6.45, 7) is 8.08. The second-order valence-corrected chi connectivity index (χ2v) is 4.02. The van der Waals surface area contributed by atoms with Crippen molar-refractivity contribution in [3.8, 4) is 0 Å². The van der Waals surface area contributed by atoms with E-state index in [0.29, 0.717) is 25.3 Å². The summed E-state index contributed by atoms with van der Waals surface area (Å²) in [6.07, 6.45) is 2.64. The maximum Gasteiger partial charge on any atom is 0.253 e. The molecule has 0 aliphatic carbocycles. The Morgan fingerprint density at radius 3 is 2.89 bits per heavy atom. The summed E-state index contributed by atoms with van der Waals surface area (Å²) >= 11 is 0. The van der Waals surface area contributed by atoms with Crippen molar-refractivity contribution in [2.24, 2.45) is 0 Å². The van der Waals surface area contributed by atoms with Crippen molar-refractivity contribution in [2.45, 2.75) is 13.3 Å². The van der Waals surface area contributed by atoms with Gasteiger partial charge in [0, 0.05) is 18.8 Å². The number of anilines is 1. The van der Waals surface area contributed by atoms with Crippen LogP contribution in [-0.2, 0) is 4.74 Å². The summed E-state index contributed by atoms with van der Waals surface area (Å²) in [5.41, 5.74) is 1.52. The summed E-state index contributed by atoms with van der Waals surface area (Å²) in [5.74, 6) is -0.0797. The molecule has 4 nitrogen and oxygen atoms in total. The molecule has 0 aliphatic rings. The lowest BCUT2D eigenvalue weighted by atomic mass is 10.1. The largest absolute Gasteiger partial charge is 0.385 e. The van der Waals surface area contributed by atoms with E-state index in [1.807, 2.05) is 37.3 Å². The van der Waals surface area contributed by atoms with Crippen LogP contribution < -0.4 is 10.6 Å². The van der Waals surface area contributed by atoms with Gasteiger partial charge in [0.1, 0.15) is 0 Å². The fourth-order valence-electron chi connectivity index (χ4n) is 1.63. The highest BCUT2D eigenvalue weighted by molar-refractivity contribution is 5.99. The lowest BCUT2D eigenvalue weighted by Gasteiger charge is -2.11. The molecule has 0 bridgehead atoms. The molecule has 104 valence electrons. The zero-order valence-electron chi connectivity index (χ0n) is 11.4. The second-order valence-electron chi connectivity index (χ2n) is 4.02. The quantitative estimate of drug-likeness (QED) is 0.531. The highest BCUT2D eigenvalue weighted by Gasteiger charge is 2.09. The Morgan fingerprint density at radius 2 is 2.16 bits per heavy atom. The van der Waals surface area contributed by atoms with Crippen LogP contribution >= 0.6 is 0 Å². The van der Waals surface area contributed by atoms with Crippen LogP contribution in [0, 0.1) is 0 Å². The second kappa shape index (κ2) is 9.16. The first-order valence-electron chi connectivity index (χ1n) is 6.59. The van der Waals surface area contributed by atoms with Crippen LogP contribution in [-0.4, -0.2) is 32.2 Å². The van der Waals surface area contributed by atoms with Gasteiger partial charge in [-0.15, -0.1) is 6.58 Å². The molecule has 1 aromatic rings. The van der Waals surface area contributed by atoms with Gasteiger partial charge in [-0.1, -0.05) is 18.2 Å². The first kappa shape index (κ1) is 15.2. The number of carbonyl (C=O) groups is 1. The third-order valence-corrected chi connectivity index (χ3v) is 2.54. The average Bonchev–Trinajstić information content (AvgIpc) is 2.43. The Balaban J connectivity index is 2.38. The molecule has 0 radical (unpaired) electrons. The summed E-state index contributed by atoms with van der Waals surface area (Å²) in [5, 5.41) is 6.02. The minimum absolute atomic E-state index is 0.0797. The minimum Gasteiger partial charge on any atom is -0.385 e. The van der Waals surface area contributed by atoms with E-state index in [-0.39, 0.29) is 5.91 Å². The van der Waals surface area contributed by atoms with Crippen molar-refractivity contribution < 1.29 is 9.53 Å². The van der Waals surface area contributed by atoms with E-state index in [2.05, 4.69) is 17.2 Å². The summed E-state index contributed by atoms with van der Waals surface area (Å²) in [7, 11) is 0. The highest BCUT2D eigenvalue weighted by atomic mass is 16.5. The van der Waals surface area contributed by atoms with E-state index >= 15 is 0 Å². The Morgan fingerprint density at radius 1 is 1.37 bits per heavy atom. The summed E-state index contributed by atoms with van der Waals surface area (Å²) in [4.78, 5) is 12.0. The molecule has 19 heavy (non-hydrogen) atoms. The van der Waals surface area contributed by atoms with Gasteiger partial charge >= 0.3 is 0 Å². The molecule has 1 aromatic carbocycles. The van der Waals surface area contributed by atoms with Gasteiger partial charge in [-0.2, -0.15) is 0 Å². The molecule has 4 heteroatoms. The van der Waals surface area contributed by atoms with Crippen molar-refractivity contribution in [1.82, 2.24) is 5.32 Å². The third kappa shape index (κ3) is 5.57. The maximum absolute atomic E-state index is 12.0. The normalized spacial score (nSPS) is 9.95. The van der Waals surface area contributed by atoms with Crippen LogP contribution in [0.2, 0.25) is 0 Å². The molecule has 1 amide bonds. The van der Waals surface area contributed by atoms with Crippen LogP contribution in [0.5, 0.6) is 0 Å². The molecule has 2 N–H and O–H groups in total. The molecule has 0 fully saturated rings. The highest BCUT2D eigenvalue weighted by Crippen LogP contribution is 2.14. The smallest absolute Gasteiger partial charge is 0.253 e. The van der Waals surface area contributed by atoms with Crippen LogP contribution in [0.1, 0.15) is 23.7 Å². The monoisotopic (exact) mass is 262 g/mol. The lowest BCUT2D eigenvalue weighted by Crippen LogP contribution is -2.28. The van der Waals surface area contributed by atoms with Crippen LogP contribution in [0.3, 0.4) is 0 Å². The van der Waals surface area contributed by atoms with Gasteiger partial charge in [0.25, 0.3) is 5.91 Å². The number of hydrogen-bond acceptors (Lipinski definition) is 3. The molecular weight excluding hydrogens is 240 g/mol. The molecule has 0 atom stereocenters. The van der Waals surface area contributed by atoms with Gasteiger partial charge in [0.05, 0.1) is 18.8 Å². The fourth-order valence-corrected chi connectivity index (χ4v) is 1.63. The molecular formula is C15H22N2O2. The van der Waals surface area contributed by atoms with Crippen LogP contribution in [0.15, 0.2) is 36.9 Å². The Bertz CT molecular complexity index is 405. The van der Waals surface area contributed by atoms with E-state index < -0.39 is 0 Å². The number of para-hydroxylation sites is 1. The minimum atomic E-state index is -0.0797. The molecule has 0 spiro atoms. The van der Waals surface area contributed by atoms with E-state index in [4.69, 9.17) is 4.74 Å². The Kier molecular flexibility index (Phi) is 7.35. The number of amides is 1. The van der Waals surface area contributed by atoms with Gasteiger partial charge < -0.3 is 15.4 Å². The summed E-state index contributed by atoms with van der Waals surface area (Å²) < 4.78 is 5.34. The molecule has 0 saturated heterocycles. The zero-order chi connectivity index (χ0) is 13.9. The van der Waals surface area contributed by atoms with Crippen molar-refractivity contribution in [1.29, 1.82) is 0 Å². The molecule has 0 aliphatic heterocycles. The zero-order valence-corrected chi connectivity index (χ0v) is 11.4. The first-order chi connectivity index (χ1) is 9.29. The number of rotatable bonds is 9. The summed E-state index contributed by atoms with van der Waals surface area (Å²) in [6, 6.07) is 7.48. The van der Waals surface area contributed by atoms with Crippen LogP contribution in [0.25, 0.3) is 0 Å². The number of carbonyl (C=O) groups excluding carboxylic acids is 1. The van der Waals surface area contributed by atoms with Gasteiger partial charge in [-0.05, 0) is 25.5 Å². The third-order valence-electron chi connectivity index (χ3n) is 2.54.